The van der Waals surface area contributed by atoms with E-state index in [-0.39, 0.29) is 0 Å². The van der Waals surface area contributed by atoms with Crippen LogP contribution in [0.1, 0.15) is 39.0 Å². The first kappa shape index (κ1) is 7.18. The third-order valence-corrected chi connectivity index (χ3v) is 2.38. The molecule has 0 aromatic rings. The van der Waals surface area contributed by atoms with Gasteiger partial charge in [0.25, 0.3) is 0 Å². The van der Waals surface area contributed by atoms with E-state index in [4.69, 9.17) is 7.85 Å². The van der Waals surface area contributed by atoms with Crippen molar-refractivity contribution in [2.75, 3.05) is 0 Å². The van der Waals surface area contributed by atoms with E-state index in [1.807, 2.05) is 0 Å². The Bertz CT molecular complexity index is 76.6. The minimum absolute atomic E-state index is 0.517. The summed E-state index contributed by atoms with van der Waals surface area (Å²) < 4.78 is 0. The lowest BCUT2D eigenvalue weighted by atomic mass is 9.65. The maximum Gasteiger partial charge on any atom is 0.0703 e. The van der Waals surface area contributed by atoms with Crippen LogP contribution in [0.15, 0.2) is 0 Å². The third kappa shape index (κ3) is 1.74. The van der Waals surface area contributed by atoms with Gasteiger partial charge in [-0.2, -0.15) is 0 Å². The molecule has 1 aliphatic carbocycles. The van der Waals surface area contributed by atoms with E-state index in [2.05, 4.69) is 6.92 Å². The second-order valence-corrected chi connectivity index (χ2v) is 3.14. The van der Waals surface area contributed by atoms with Crippen LogP contribution in [0, 0.1) is 5.92 Å². The summed E-state index contributed by atoms with van der Waals surface area (Å²) in [5, 5.41) is 0. The van der Waals surface area contributed by atoms with Gasteiger partial charge in [0.05, 0.1) is 7.85 Å². The Kier molecular flexibility index (Phi) is 2.62. The number of hydrogen-bond donors (Lipinski definition) is 0. The van der Waals surface area contributed by atoms with Crippen molar-refractivity contribution >= 4 is 7.85 Å². The second-order valence-electron chi connectivity index (χ2n) is 3.14. The fourth-order valence-electron chi connectivity index (χ4n) is 1.44. The first-order valence-electron chi connectivity index (χ1n) is 4.10. The molecule has 1 atom stereocenters. The van der Waals surface area contributed by atoms with Gasteiger partial charge >= 0.3 is 0 Å². The molecule has 0 amide bonds. The quantitative estimate of drug-likeness (QED) is 0.504. The van der Waals surface area contributed by atoms with Gasteiger partial charge in [0.2, 0.25) is 0 Å². The summed E-state index contributed by atoms with van der Waals surface area (Å²) in [6.45, 7) is 2.21. The topological polar surface area (TPSA) is 0 Å². The highest BCUT2D eigenvalue weighted by molar-refractivity contribution is 6.11. The monoisotopic (exact) mass is 122 g/mol. The Morgan fingerprint density at radius 3 is 2.56 bits per heavy atom. The molecule has 1 unspecified atom stereocenters. The molecule has 0 spiro atoms. The molecule has 0 bridgehead atoms. The van der Waals surface area contributed by atoms with Gasteiger partial charge in [-0.05, 0) is 5.92 Å². The molecule has 0 aliphatic heterocycles. The van der Waals surface area contributed by atoms with Crippen molar-refractivity contribution in [1.29, 1.82) is 0 Å². The molecule has 1 fully saturated rings. The molecule has 0 saturated heterocycles. The highest BCUT2D eigenvalue weighted by Gasteiger charge is 2.22. The van der Waals surface area contributed by atoms with E-state index in [0.717, 1.165) is 5.92 Å². The van der Waals surface area contributed by atoms with E-state index < -0.39 is 0 Å². The molecule has 2 radical (unpaired) electrons. The van der Waals surface area contributed by atoms with E-state index in [1.165, 1.54) is 32.1 Å². The fraction of sp³-hybridized carbons (Fsp3) is 1.00. The summed E-state index contributed by atoms with van der Waals surface area (Å²) in [4.78, 5) is 0. The van der Waals surface area contributed by atoms with Gasteiger partial charge in [-0.15, -0.1) is 0 Å². The minimum Gasteiger partial charge on any atom is -0.0746 e. The number of rotatable bonds is 3. The van der Waals surface area contributed by atoms with Crippen molar-refractivity contribution in [3.63, 3.8) is 0 Å². The zero-order chi connectivity index (χ0) is 6.69. The zero-order valence-electron chi connectivity index (χ0n) is 6.27. The highest BCUT2D eigenvalue weighted by atomic mass is 14.2. The summed E-state index contributed by atoms with van der Waals surface area (Å²) in [5.41, 5.74) is 0. The summed E-state index contributed by atoms with van der Waals surface area (Å²) in [6, 6.07) is 0. The van der Waals surface area contributed by atoms with Crippen LogP contribution < -0.4 is 0 Å². The Morgan fingerprint density at radius 2 is 2.22 bits per heavy atom. The summed E-state index contributed by atoms with van der Waals surface area (Å²) in [7, 11) is 5.89. The molecule has 1 heteroatoms. The van der Waals surface area contributed by atoms with Crippen LogP contribution in [-0.4, -0.2) is 7.85 Å². The summed E-state index contributed by atoms with van der Waals surface area (Å²) in [5.74, 6) is 1.40. The maximum absolute atomic E-state index is 5.89. The standard InChI is InChI=1S/C8H15B/c1-2-4-8(9)7-5-3-6-7/h7-8H,2-6H2,1H3. The van der Waals surface area contributed by atoms with Gasteiger partial charge in [0.15, 0.2) is 0 Å². The predicted octanol–water partition coefficient (Wildman–Crippen LogP) is 2.54. The fourth-order valence-corrected chi connectivity index (χ4v) is 1.44. The Balaban J connectivity index is 2.08. The number of hydrogen-bond acceptors (Lipinski definition) is 0. The van der Waals surface area contributed by atoms with Gasteiger partial charge in [-0.25, -0.2) is 0 Å². The Hall–Kier alpha value is 0.0649. The van der Waals surface area contributed by atoms with Crippen LogP contribution in [0.3, 0.4) is 0 Å². The molecule has 50 valence electrons. The van der Waals surface area contributed by atoms with E-state index in [9.17, 15) is 0 Å². The van der Waals surface area contributed by atoms with Crippen molar-refractivity contribution in [3.8, 4) is 0 Å². The molecule has 9 heavy (non-hydrogen) atoms. The lowest BCUT2D eigenvalue weighted by Crippen LogP contribution is -2.17. The normalized spacial score (nSPS) is 23.2. The van der Waals surface area contributed by atoms with Crippen LogP contribution in [-0.2, 0) is 0 Å². The first-order valence-corrected chi connectivity index (χ1v) is 4.10. The molecule has 0 aromatic heterocycles. The predicted molar refractivity (Wildman–Crippen MR) is 41.8 cm³/mol. The maximum atomic E-state index is 5.89. The van der Waals surface area contributed by atoms with E-state index >= 15 is 0 Å². The molecule has 1 rings (SSSR count). The van der Waals surface area contributed by atoms with Gasteiger partial charge in [-0.3, -0.25) is 0 Å². The molecule has 1 saturated carbocycles. The zero-order valence-corrected chi connectivity index (χ0v) is 6.27. The Labute approximate surface area is 59.4 Å². The Morgan fingerprint density at radius 1 is 1.56 bits per heavy atom. The van der Waals surface area contributed by atoms with Crippen molar-refractivity contribution in [3.05, 3.63) is 0 Å². The van der Waals surface area contributed by atoms with Crippen molar-refractivity contribution in [2.45, 2.75) is 44.8 Å². The molecule has 0 aromatic carbocycles. The van der Waals surface area contributed by atoms with Gasteiger partial charge in [0.1, 0.15) is 0 Å². The third-order valence-electron chi connectivity index (χ3n) is 2.38. The van der Waals surface area contributed by atoms with Gasteiger partial charge in [0, 0.05) is 0 Å². The lowest BCUT2D eigenvalue weighted by Gasteiger charge is -2.31. The largest absolute Gasteiger partial charge is 0.0746 e. The van der Waals surface area contributed by atoms with Crippen LogP contribution in [0.25, 0.3) is 0 Å². The van der Waals surface area contributed by atoms with Crippen molar-refractivity contribution < 1.29 is 0 Å². The van der Waals surface area contributed by atoms with E-state index in [0.29, 0.717) is 5.82 Å². The van der Waals surface area contributed by atoms with Crippen molar-refractivity contribution in [2.24, 2.45) is 5.92 Å². The molecule has 0 heterocycles. The van der Waals surface area contributed by atoms with Crippen LogP contribution in [0.2, 0.25) is 5.82 Å². The van der Waals surface area contributed by atoms with E-state index in [1.54, 1.807) is 0 Å². The first-order chi connectivity index (χ1) is 4.34. The second kappa shape index (κ2) is 3.29. The summed E-state index contributed by atoms with van der Waals surface area (Å²) in [6.07, 6.45) is 6.67. The highest BCUT2D eigenvalue weighted by Crippen LogP contribution is 2.37. The van der Waals surface area contributed by atoms with Gasteiger partial charge < -0.3 is 0 Å². The summed E-state index contributed by atoms with van der Waals surface area (Å²) >= 11 is 0. The van der Waals surface area contributed by atoms with Gasteiger partial charge in [-0.1, -0.05) is 44.8 Å². The lowest BCUT2D eigenvalue weighted by molar-refractivity contribution is 0.290. The molecule has 0 nitrogen and oxygen atoms in total. The molecule has 0 N–H and O–H groups in total. The van der Waals surface area contributed by atoms with Crippen LogP contribution in [0.5, 0.6) is 0 Å². The minimum atomic E-state index is 0.517. The molecular formula is C8H15B. The van der Waals surface area contributed by atoms with Crippen LogP contribution >= 0.6 is 0 Å². The molecule has 1 aliphatic rings. The SMILES string of the molecule is [B]C(CCC)C1CCC1. The van der Waals surface area contributed by atoms with Crippen molar-refractivity contribution in [1.82, 2.24) is 0 Å². The molecular weight excluding hydrogens is 107 g/mol. The average molecular weight is 122 g/mol. The average Bonchev–Trinajstić information content (AvgIpc) is 1.60. The van der Waals surface area contributed by atoms with Crippen LogP contribution in [0.4, 0.5) is 0 Å². The smallest absolute Gasteiger partial charge is 0.0703 e.